The molecule has 0 radical (unpaired) electrons. The number of carbonyl (C=O) groups excluding carboxylic acids is 1. The fourth-order valence-corrected chi connectivity index (χ4v) is 2.43. The number of hydrogen-bond donors (Lipinski definition) is 1. The van der Waals surface area contributed by atoms with Gasteiger partial charge in [0, 0.05) is 25.2 Å². The van der Waals surface area contributed by atoms with E-state index in [1.165, 1.54) is 12.1 Å². The lowest BCUT2D eigenvalue weighted by Crippen LogP contribution is -2.45. The third-order valence-electron chi connectivity index (χ3n) is 3.69. The van der Waals surface area contributed by atoms with Crippen LogP contribution in [0.5, 0.6) is 0 Å². The van der Waals surface area contributed by atoms with Crippen LogP contribution in [-0.2, 0) is 11.2 Å². The van der Waals surface area contributed by atoms with Gasteiger partial charge in [0.2, 0.25) is 5.91 Å². The molecule has 1 N–H and O–H groups in total. The SMILES string of the molecule is CC1CN(C(=O)Cc2cccc([N+](=O)[O-])c2)CCC1O. The average Bonchev–Trinajstić information content (AvgIpc) is 2.42. The van der Waals surface area contributed by atoms with E-state index in [0.29, 0.717) is 25.1 Å². The molecule has 1 aliphatic rings. The molecule has 1 heterocycles. The number of nitrogens with zero attached hydrogens (tertiary/aromatic N) is 2. The van der Waals surface area contributed by atoms with Crippen LogP contribution in [-0.4, -0.2) is 40.0 Å². The van der Waals surface area contributed by atoms with Gasteiger partial charge in [-0.05, 0) is 17.9 Å². The number of amides is 1. The van der Waals surface area contributed by atoms with Crippen LogP contribution < -0.4 is 0 Å². The zero-order valence-electron chi connectivity index (χ0n) is 11.4. The van der Waals surface area contributed by atoms with Crippen LogP contribution in [0, 0.1) is 16.0 Å². The lowest BCUT2D eigenvalue weighted by Gasteiger charge is -2.34. The van der Waals surface area contributed by atoms with Crippen LogP contribution in [0.4, 0.5) is 5.69 Å². The first-order chi connectivity index (χ1) is 9.47. The summed E-state index contributed by atoms with van der Waals surface area (Å²) in [6.07, 6.45) is 0.392. The molecule has 0 aromatic heterocycles. The normalized spacial score (nSPS) is 22.6. The molecule has 6 heteroatoms. The molecule has 6 nitrogen and oxygen atoms in total. The lowest BCUT2D eigenvalue weighted by molar-refractivity contribution is -0.384. The molecule has 0 aliphatic carbocycles. The van der Waals surface area contributed by atoms with Gasteiger partial charge in [-0.2, -0.15) is 0 Å². The van der Waals surface area contributed by atoms with Gasteiger partial charge in [0.15, 0.2) is 0 Å². The topological polar surface area (TPSA) is 83.7 Å². The Hall–Kier alpha value is -1.95. The Morgan fingerprint density at radius 1 is 1.55 bits per heavy atom. The molecular formula is C14H18N2O4. The zero-order chi connectivity index (χ0) is 14.7. The van der Waals surface area contributed by atoms with Gasteiger partial charge in [0.1, 0.15) is 0 Å². The van der Waals surface area contributed by atoms with Crippen molar-refractivity contribution in [2.75, 3.05) is 13.1 Å². The van der Waals surface area contributed by atoms with Crippen LogP contribution in [0.1, 0.15) is 18.9 Å². The highest BCUT2D eigenvalue weighted by Gasteiger charge is 2.27. The van der Waals surface area contributed by atoms with Crippen molar-refractivity contribution in [2.24, 2.45) is 5.92 Å². The zero-order valence-corrected chi connectivity index (χ0v) is 11.4. The standard InChI is InChI=1S/C14H18N2O4/c1-10-9-15(6-5-13(10)17)14(18)8-11-3-2-4-12(7-11)16(19)20/h2-4,7,10,13,17H,5-6,8-9H2,1H3. The van der Waals surface area contributed by atoms with Crippen molar-refractivity contribution in [3.8, 4) is 0 Å². The first-order valence-corrected chi connectivity index (χ1v) is 6.66. The highest BCUT2D eigenvalue weighted by atomic mass is 16.6. The number of piperidine rings is 1. The van der Waals surface area contributed by atoms with Gasteiger partial charge in [-0.3, -0.25) is 14.9 Å². The highest BCUT2D eigenvalue weighted by molar-refractivity contribution is 5.79. The summed E-state index contributed by atoms with van der Waals surface area (Å²) in [7, 11) is 0. The van der Waals surface area contributed by atoms with E-state index in [9.17, 15) is 20.0 Å². The van der Waals surface area contributed by atoms with E-state index >= 15 is 0 Å². The van der Waals surface area contributed by atoms with Gasteiger partial charge < -0.3 is 10.0 Å². The van der Waals surface area contributed by atoms with E-state index in [2.05, 4.69) is 0 Å². The van der Waals surface area contributed by atoms with Crippen molar-refractivity contribution in [2.45, 2.75) is 25.9 Å². The third-order valence-corrected chi connectivity index (χ3v) is 3.69. The van der Waals surface area contributed by atoms with Crippen molar-refractivity contribution >= 4 is 11.6 Å². The molecule has 1 fully saturated rings. The largest absolute Gasteiger partial charge is 0.393 e. The first-order valence-electron chi connectivity index (χ1n) is 6.66. The number of non-ortho nitro benzene ring substituents is 1. The molecule has 1 aromatic carbocycles. The fraction of sp³-hybridized carbons (Fsp3) is 0.500. The van der Waals surface area contributed by atoms with E-state index in [1.54, 1.807) is 17.0 Å². The van der Waals surface area contributed by atoms with E-state index in [-0.39, 0.29) is 30.0 Å². The second-order valence-corrected chi connectivity index (χ2v) is 5.28. The summed E-state index contributed by atoms with van der Waals surface area (Å²) >= 11 is 0. The molecule has 1 aromatic rings. The number of nitro benzene ring substituents is 1. The Morgan fingerprint density at radius 3 is 2.95 bits per heavy atom. The Labute approximate surface area is 117 Å². The number of carbonyl (C=O) groups is 1. The molecule has 108 valence electrons. The van der Waals surface area contributed by atoms with Crippen LogP contribution in [0.25, 0.3) is 0 Å². The van der Waals surface area contributed by atoms with Gasteiger partial charge in [-0.25, -0.2) is 0 Å². The maximum Gasteiger partial charge on any atom is 0.269 e. The van der Waals surface area contributed by atoms with Crippen LogP contribution in [0.3, 0.4) is 0 Å². The van der Waals surface area contributed by atoms with Gasteiger partial charge in [0.25, 0.3) is 5.69 Å². The summed E-state index contributed by atoms with van der Waals surface area (Å²) in [6.45, 7) is 2.99. The van der Waals surface area contributed by atoms with Crippen molar-refractivity contribution in [3.05, 3.63) is 39.9 Å². The van der Waals surface area contributed by atoms with Gasteiger partial charge >= 0.3 is 0 Å². The van der Waals surface area contributed by atoms with E-state index < -0.39 is 4.92 Å². The Bertz CT molecular complexity index is 518. The fourth-order valence-electron chi connectivity index (χ4n) is 2.43. The van der Waals surface area contributed by atoms with Crippen molar-refractivity contribution < 1.29 is 14.8 Å². The summed E-state index contributed by atoms with van der Waals surface area (Å²) in [5.74, 6) is 0.0158. The number of rotatable bonds is 3. The van der Waals surface area contributed by atoms with Gasteiger partial charge in [0.05, 0.1) is 17.4 Å². The maximum atomic E-state index is 12.2. The molecule has 1 aliphatic heterocycles. The molecule has 0 spiro atoms. The van der Waals surface area contributed by atoms with E-state index in [4.69, 9.17) is 0 Å². The molecular weight excluding hydrogens is 260 g/mol. The van der Waals surface area contributed by atoms with Crippen LogP contribution >= 0.6 is 0 Å². The minimum atomic E-state index is -0.465. The van der Waals surface area contributed by atoms with E-state index in [1.807, 2.05) is 6.92 Å². The molecule has 1 amide bonds. The minimum absolute atomic E-state index is 0.00210. The predicted molar refractivity (Wildman–Crippen MR) is 73.2 cm³/mol. The van der Waals surface area contributed by atoms with Crippen molar-refractivity contribution in [3.63, 3.8) is 0 Å². The van der Waals surface area contributed by atoms with Crippen molar-refractivity contribution in [1.82, 2.24) is 4.90 Å². The highest BCUT2D eigenvalue weighted by Crippen LogP contribution is 2.19. The van der Waals surface area contributed by atoms with Gasteiger partial charge in [-0.15, -0.1) is 0 Å². The average molecular weight is 278 g/mol. The third kappa shape index (κ3) is 3.33. The molecule has 1 saturated heterocycles. The molecule has 2 unspecified atom stereocenters. The maximum absolute atomic E-state index is 12.2. The Kier molecular flexibility index (Phi) is 4.34. The predicted octanol–water partition coefficient (Wildman–Crippen LogP) is 1.37. The van der Waals surface area contributed by atoms with E-state index in [0.717, 1.165) is 0 Å². The summed E-state index contributed by atoms with van der Waals surface area (Å²) in [5, 5.41) is 20.4. The lowest BCUT2D eigenvalue weighted by atomic mass is 9.96. The molecule has 2 atom stereocenters. The number of aliphatic hydroxyl groups is 1. The van der Waals surface area contributed by atoms with Crippen LogP contribution in [0.2, 0.25) is 0 Å². The first kappa shape index (κ1) is 14.5. The van der Waals surface area contributed by atoms with Crippen LogP contribution in [0.15, 0.2) is 24.3 Å². The molecule has 0 bridgehead atoms. The Balaban J connectivity index is 2.01. The number of benzene rings is 1. The van der Waals surface area contributed by atoms with Gasteiger partial charge in [-0.1, -0.05) is 19.1 Å². The summed E-state index contributed by atoms with van der Waals surface area (Å²) in [6, 6.07) is 6.14. The second kappa shape index (κ2) is 6.00. The quantitative estimate of drug-likeness (QED) is 0.668. The van der Waals surface area contributed by atoms with Crippen molar-refractivity contribution in [1.29, 1.82) is 0 Å². The Morgan fingerprint density at radius 2 is 2.30 bits per heavy atom. The number of aliphatic hydroxyl groups excluding tert-OH is 1. The monoisotopic (exact) mass is 278 g/mol. The summed E-state index contributed by atoms with van der Waals surface area (Å²) in [5.41, 5.74) is 0.640. The summed E-state index contributed by atoms with van der Waals surface area (Å²) in [4.78, 5) is 24.1. The number of likely N-dealkylation sites (tertiary alicyclic amines) is 1. The smallest absolute Gasteiger partial charge is 0.269 e. The second-order valence-electron chi connectivity index (χ2n) is 5.28. The number of hydrogen-bond acceptors (Lipinski definition) is 4. The molecule has 2 rings (SSSR count). The number of nitro groups is 1. The summed E-state index contributed by atoms with van der Waals surface area (Å²) < 4.78 is 0. The molecule has 0 saturated carbocycles. The minimum Gasteiger partial charge on any atom is -0.393 e. The molecule has 20 heavy (non-hydrogen) atoms.